The second-order valence-corrected chi connectivity index (χ2v) is 14.3. The molecule has 2 heterocycles. The Balaban J connectivity index is 1.08. The van der Waals surface area contributed by atoms with Crippen molar-refractivity contribution in [2.45, 2.75) is 0 Å². The molecule has 2 heteroatoms. The molecule has 0 N–H and O–H groups in total. The van der Waals surface area contributed by atoms with E-state index in [1.807, 2.05) is 0 Å². The summed E-state index contributed by atoms with van der Waals surface area (Å²) in [6, 6.07) is 74.6. The van der Waals surface area contributed by atoms with Gasteiger partial charge >= 0.3 is 0 Å². The van der Waals surface area contributed by atoms with E-state index in [-0.39, 0.29) is 0 Å². The largest absolute Gasteiger partial charge is 0.309 e. The van der Waals surface area contributed by atoms with Gasteiger partial charge in [-0.3, -0.25) is 0 Å². The molecule has 0 aliphatic carbocycles. The summed E-state index contributed by atoms with van der Waals surface area (Å²) in [6.45, 7) is 0. The van der Waals surface area contributed by atoms with Crippen molar-refractivity contribution in [1.82, 2.24) is 9.55 Å². The first kappa shape index (κ1) is 31.3. The van der Waals surface area contributed by atoms with E-state index in [9.17, 15) is 0 Å². The summed E-state index contributed by atoms with van der Waals surface area (Å²) in [7, 11) is 0. The molecule has 0 bridgehead atoms. The molecule has 0 amide bonds. The zero-order valence-corrected chi connectivity index (χ0v) is 30.0. The quantitative estimate of drug-likeness (QED) is 0.164. The summed E-state index contributed by atoms with van der Waals surface area (Å²) in [5.41, 5.74) is 13.9. The number of fused-ring (bicyclic) bond motifs is 7. The molecular formula is C53H34N2. The lowest BCUT2D eigenvalue weighted by molar-refractivity contribution is 1.18. The summed E-state index contributed by atoms with van der Waals surface area (Å²) in [5.74, 6) is 0. The molecule has 11 rings (SSSR count). The van der Waals surface area contributed by atoms with Crippen molar-refractivity contribution in [3.05, 3.63) is 206 Å². The van der Waals surface area contributed by atoms with Gasteiger partial charge in [0, 0.05) is 27.4 Å². The van der Waals surface area contributed by atoms with Crippen molar-refractivity contribution < 1.29 is 0 Å². The SMILES string of the molecule is c1ccc(-c2cc(-c3cccc(-c4ccc(-c5ccc6c(c5)c5ccccc5n6-c5ccccc5)c5ccccc45)c3)c3c(ccc4ccccc43)n2)cc1. The Bertz CT molecular complexity index is 3250. The highest BCUT2D eigenvalue weighted by Crippen LogP contribution is 2.42. The van der Waals surface area contributed by atoms with Crippen LogP contribution >= 0.6 is 0 Å². The molecule has 256 valence electrons. The van der Waals surface area contributed by atoms with Crippen LogP contribution in [0.15, 0.2) is 206 Å². The number of benzene rings is 9. The molecule has 0 atom stereocenters. The lowest BCUT2D eigenvalue weighted by Crippen LogP contribution is -1.93. The fourth-order valence-corrected chi connectivity index (χ4v) is 8.64. The monoisotopic (exact) mass is 698 g/mol. The molecule has 0 saturated heterocycles. The van der Waals surface area contributed by atoms with Crippen LogP contribution in [0.2, 0.25) is 0 Å². The second-order valence-electron chi connectivity index (χ2n) is 14.3. The zero-order valence-electron chi connectivity index (χ0n) is 30.0. The first-order chi connectivity index (χ1) is 27.3. The summed E-state index contributed by atoms with van der Waals surface area (Å²) < 4.78 is 2.38. The van der Waals surface area contributed by atoms with E-state index < -0.39 is 0 Å². The van der Waals surface area contributed by atoms with Gasteiger partial charge in [0.15, 0.2) is 0 Å². The zero-order chi connectivity index (χ0) is 36.3. The summed E-state index contributed by atoms with van der Waals surface area (Å²) in [6.07, 6.45) is 0. The predicted octanol–water partition coefficient (Wildman–Crippen LogP) is 14.3. The molecular weight excluding hydrogens is 665 g/mol. The van der Waals surface area contributed by atoms with Crippen LogP contribution in [0.25, 0.3) is 105 Å². The van der Waals surface area contributed by atoms with Crippen LogP contribution in [0.5, 0.6) is 0 Å². The van der Waals surface area contributed by atoms with Crippen molar-refractivity contribution in [3.63, 3.8) is 0 Å². The first-order valence-corrected chi connectivity index (χ1v) is 18.9. The molecule has 0 spiro atoms. The van der Waals surface area contributed by atoms with Crippen molar-refractivity contribution in [2.75, 3.05) is 0 Å². The molecule has 55 heavy (non-hydrogen) atoms. The smallest absolute Gasteiger partial charge is 0.0722 e. The van der Waals surface area contributed by atoms with Crippen LogP contribution in [0.4, 0.5) is 0 Å². The van der Waals surface area contributed by atoms with Gasteiger partial charge in [-0.05, 0) is 103 Å². The van der Waals surface area contributed by atoms with E-state index in [1.54, 1.807) is 0 Å². The Kier molecular flexibility index (Phi) is 7.21. The average molecular weight is 699 g/mol. The van der Waals surface area contributed by atoms with E-state index >= 15 is 0 Å². The van der Waals surface area contributed by atoms with Gasteiger partial charge < -0.3 is 4.57 Å². The third-order valence-corrected chi connectivity index (χ3v) is 11.2. The van der Waals surface area contributed by atoms with Crippen molar-refractivity contribution in [1.29, 1.82) is 0 Å². The molecule has 0 aliphatic rings. The van der Waals surface area contributed by atoms with E-state index in [2.05, 4.69) is 211 Å². The Morgan fingerprint density at radius 3 is 1.67 bits per heavy atom. The van der Waals surface area contributed by atoms with Gasteiger partial charge in [-0.25, -0.2) is 4.98 Å². The van der Waals surface area contributed by atoms with Gasteiger partial charge in [0.2, 0.25) is 0 Å². The van der Waals surface area contributed by atoms with E-state index in [4.69, 9.17) is 4.98 Å². The minimum atomic E-state index is 0.974. The fraction of sp³-hybridized carbons (Fsp3) is 0. The second kappa shape index (κ2) is 12.7. The summed E-state index contributed by atoms with van der Waals surface area (Å²) >= 11 is 0. The van der Waals surface area contributed by atoms with Crippen LogP contribution in [0.1, 0.15) is 0 Å². The van der Waals surface area contributed by atoms with Gasteiger partial charge in [-0.2, -0.15) is 0 Å². The van der Waals surface area contributed by atoms with Gasteiger partial charge in [0.25, 0.3) is 0 Å². The highest BCUT2D eigenvalue weighted by atomic mass is 15.0. The Hall–Kier alpha value is -7.29. The van der Waals surface area contributed by atoms with Crippen molar-refractivity contribution in [3.8, 4) is 50.3 Å². The van der Waals surface area contributed by atoms with Crippen LogP contribution in [0, 0.1) is 0 Å². The number of rotatable bonds is 5. The first-order valence-electron chi connectivity index (χ1n) is 18.9. The highest BCUT2D eigenvalue weighted by molar-refractivity contribution is 6.15. The van der Waals surface area contributed by atoms with Crippen LogP contribution in [-0.4, -0.2) is 9.55 Å². The molecule has 11 aromatic rings. The summed E-state index contributed by atoms with van der Waals surface area (Å²) in [4.78, 5) is 5.19. The maximum atomic E-state index is 5.19. The maximum absolute atomic E-state index is 5.19. The number of hydrogen-bond donors (Lipinski definition) is 0. The van der Waals surface area contributed by atoms with E-state index in [1.165, 1.54) is 87.8 Å². The molecule has 0 unspecified atom stereocenters. The topological polar surface area (TPSA) is 17.8 Å². The standard InChI is InChI=1S/C53H34N2/c1-3-15-36(16-4-1)50-34-47(53-43-21-8-7-14-35(43)26-30-49(53)54-50)38-18-13-17-37(32-38)41-28-29-42(45-23-10-9-22-44(41)45)39-27-31-52-48(33-39)46-24-11-12-25-51(46)55(52)40-19-5-2-6-20-40/h1-34H. The summed E-state index contributed by atoms with van der Waals surface area (Å²) in [5, 5.41) is 8.59. The number of aromatic nitrogens is 2. The fourth-order valence-electron chi connectivity index (χ4n) is 8.64. The number of hydrogen-bond acceptors (Lipinski definition) is 1. The van der Waals surface area contributed by atoms with Gasteiger partial charge in [0.05, 0.1) is 22.2 Å². The third-order valence-electron chi connectivity index (χ3n) is 11.2. The average Bonchev–Trinajstić information content (AvgIpc) is 3.60. The highest BCUT2D eigenvalue weighted by Gasteiger charge is 2.17. The van der Waals surface area contributed by atoms with Gasteiger partial charge in [0.1, 0.15) is 0 Å². The molecule has 0 saturated carbocycles. The molecule has 2 aromatic heterocycles. The molecule has 9 aromatic carbocycles. The van der Waals surface area contributed by atoms with Crippen LogP contribution < -0.4 is 0 Å². The molecule has 2 nitrogen and oxygen atoms in total. The van der Waals surface area contributed by atoms with Crippen molar-refractivity contribution in [2.24, 2.45) is 0 Å². The van der Waals surface area contributed by atoms with Crippen molar-refractivity contribution >= 4 is 54.3 Å². The van der Waals surface area contributed by atoms with E-state index in [0.717, 1.165) is 16.8 Å². The number of para-hydroxylation sites is 2. The lowest BCUT2D eigenvalue weighted by atomic mass is 9.89. The van der Waals surface area contributed by atoms with Crippen LogP contribution in [0.3, 0.4) is 0 Å². The molecule has 0 fully saturated rings. The maximum Gasteiger partial charge on any atom is 0.0722 e. The van der Waals surface area contributed by atoms with E-state index in [0.29, 0.717) is 0 Å². The predicted molar refractivity (Wildman–Crippen MR) is 233 cm³/mol. The number of pyridine rings is 1. The molecule has 0 aliphatic heterocycles. The Morgan fingerprint density at radius 1 is 0.327 bits per heavy atom. The Morgan fingerprint density at radius 2 is 0.909 bits per heavy atom. The Labute approximate surface area is 319 Å². The normalized spacial score (nSPS) is 11.6. The van der Waals surface area contributed by atoms with Gasteiger partial charge in [-0.15, -0.1) is 0 Å². The minimum Gasteiger partial charge on any atom is -0.309 e. The third kappa shape index (κ3) is 5.15. The molecule has 0 radical (unpaired) electrons. The van der Waals surface area contributed by atoms with Crippen LogP contribution in [-0.2, 0) is 0 Å². The number of nitrogens with zero attached hydrogens (tertiary/aromatic N) is 2. The minimum absolute atomic E-state index is 0.974. The van der Waals surface area contributed by atoms with Gasteiger partial charge in [-0.1, -0.05) is 158 Å². The lowest BCUT2D eigenvalue weighted by Gasteiger charge is -2.15.